The van der Waals surface area contributed by atoms with Crippen molar-refractivity contribution in [2.75, 3.05) is 6.54 Å². The Morgan fingerprint density at radius 1 is 1.50 bits per heavy atom. The van der Waals surface area contributed by atoms with Gasteiger partial charge in [-0.3, -0.25) is 4.79 Å². The molecule has 2 heterocycles. The van der Waals surface area contributed by atoms with Crippen LogP contribution in [0.4, 0.5) is 0 Å². The lowest BCUT2D eigenvalue weighted by molar-refractivity contribution is 0.0200. The number of carbonyl (C=O) groups excluding carboxylic acids is 1. The van der Waals surface area contributed by atoms with E-state index in [0.29, 0.717) is 18.0 Å². The van der Waals surface area contributed by atoms with Gasteiger partial charge in [-0.25, -0.2) is 4.52 Å². The highest BCUT2D eigenvalue weighted by Crippen LogP contribution is 2.45. The van der Waals surface area contributed by atoms with Crippen molar-refractivity contribution in [3.05, 3.63) is 36.2 Å². The van der Waals surface area contributed by atoms with E-state index >= 15 is 0 Å². The number of nitrogens with two attached hydrogens (primary N) is 1. The summed E-state index contributed by atoms with van der Waals surface area (Å²) in [5, 5.41) is 7.26. The van der Waals surface area contributed by atoms with Gasteiger partial charge in [-0.1, -0.05) is 13.8 Å². The zero-order chi connectivity index (χ0) is 14.3. The number of rotatable bonds is 3. The quantitative estimate of drug-likeness (QED) is 0.888. The minimum absolute atomic E-state index is 0.0454. The molecule has 2 aromatic rings. The SMILES string of the molecule is CC1(C)C(CN)CC1NC(=O)c1ccc2ccnn2c1. The van der Waals surface area contributed by atoms with Gasteiger partial charge in [0.05, 0.1) is 11.1 Å². The zero-order valence-corrected chi connectivity index (χ0v) is 11.8. The topological polar surface area (TPSA) is 72.4 Å². The first-order chi connectivity index (χ1) is 9.52. The molecule has 0 saturated heterocycles. The average Bonchev–Trinajstić information content (AvgIpc) is 2.89. The Morgan fingerprint density at radius 3 is 3.00 bits per heavy atom. The van der Waals surface area contributed by atoms with Crippen molar-refractivity contribution < 1.29 is 4.79 Å². The summed E-state index contributed by atoms with van der Waals surface area (Å²) in [7, 11) is 0. The summed E-state index contributed by atoms with van der Waals surface area (Å²) in [5.74, 6) is 0.442. The van der Waals surface area contributed by atoms with E-state index in [4.69, 9.17) is 5.73 Å². The number of hydrogen-bond acceptors (Lipinski definition) is 3. The van der Waals surface area contributed by atoms with Crippen LogP contribution in [0.3, 0.4) is 0 Å². The largest absolute Gasteiger partial charge is 0.349 e. The molecule has 2 unspecified atom stereocenters. The first-order valence-electron chi connectivity index (χ1n) is 6.96. The second-order valence-electron chi connectivity index (χ2n) is 6.13. The van der Waals surface area contributed by atoms with Crippen molar-refractivity contribution in [1.29, 1.82) is 0 Å². The van der Waals surface area contributed by atoms with Crippen LogP contribution in [-0.4, -0.2) is 28.1 Å². The van der Waals surface area contributed by atoms with Gasteiger partial charge < -0.3 is 11.1 Å². The summed E-state index contributed by atoms with van der Waals surface area (Å²) in [5.41, 5.74) is 7.42. The van der Waals surface area contributed by atoms with E-state index in [9.17, 15) is 4.79 Å². The summed E-state index contributed by atoms with van der Waals surface area (Å²) >= 11 is 0. The van der Waals surface area contributed by atoms with E-state index < -0.39 is 0 Å². The molecule has 1 aliphatic carbocycles. The fourth-order valence-corrected chi connectivity index (χ4v) is 2.95. The van der Waals surface area contributed by atoms with Gasteiger partial charge in [-0.2, -0.15) is 5.10 Å². The third kappa shape index (κ3) is 1.98. The maximum Gasteiger partial charge on any atom is 0.253 e. The van der Waals surface area contributed by atoms with Gasteiger partial charge in [-0.05, 0) is 42.5 Å². The van der Waals surface area contributed by atoms with Crippen molar-refractivity contribution in [2.45, 2.75) is 26.3 Å². The number of hydrogen-bond donors (Lipinski definition) is 2. The molecule has 5 nitrogen and oxygen atoms in total. The van der Waals surface area contributed by atoms with E-state index in [2.05, 4.69) is 24.3 Å². The van der Waals surface area contributed by atoms with Gasteiger partial charge in [0.25, 0.3) is 5.91 Å². The molecule has 0 spiro atoms. The molecular weight excluding hydrogens is 252 g/mol. The number of aromatic nitrogens is 2. The molecule has 2 atom stereocenters. The summed E-state index contributed by atoms with van der Waals surface area (Å²) in [4.78, 5) is 12.3. The summed E-state index contributed by atoms with van der Waals surface area (Å²) in [6.07, 6.45) is 4.44. The van der Waals surface area contributed by atoms with E-state index in [0.717, 1.165) is 11.9 Å². The molecule has 3 rings (SSSR count). The van der Waals surface area contributed by atoms with Gasteiger partial charge in [0.1, 0.15) is 0 Å². The van der Waals surface area contributed by atoms with Crippen LogP contribution in [0.1, 0.15) is 30.6 Å². The first-order valence-corrected chi connectivity index (χ1v) is 6.96. The fraction of sp³-hybridized carbons (Fsp3) is 0.467. The van der Waals surface area contributed by atoms with Gasteiger partial charge in [0, 0.05) is 18.4 Å². The van der Waals surface area contributed by atoms with Crippen LogP contribution in [-0.2, 0) is 0 Å². The molecule has 1 saturated carbocycles. The predicted molar refractivity (Wildman–Crippen MR) is 77.4 cm³/mol. The normalized spacial score (nSPS) is 24.4. The third-order valence-electron chi connectivity index (χ3n) is 4.72. The Kier molecular flexibility index (Phi) is 3.01. The molecular formula is C15H20N4O. The van der Waals surface area contributed by atoms with E-state index in [1.165, 1.54) is 0 Å². The maximum absolute atomic E-state index is 12.3. The van der Waals surface area contributed by atoms with E-state index in [-0.39, 0.29) is 17.4 Å². The molecule has 0 bridgehead atoms. The summed E-state index contributed by atoms with van der Waals surface area (Å²) in [6, 6.07) is 5.83. The molecule has 3 N–H and O–H groups in total. The zero-order valence-electron chi connectivity index (χ0n) is 11.8. The van der Waals surface area contributed by atoms with Crippen molar-refractivity contribution in [3.63, 3.8) is 0 Å². The minimum Gasteiger partial charge on any atom is -0.349 e. The highest BCUT2D eigenvalue weighted by atomic mass is 16.1. The highest BCUT2D eigenvalue weighted by molar-refractivity contribution is 5.94. The Labute approximate surface area is 118 Å². The van der Waals surface area contributed by atoms with E-state index in [1.807, 2.05) is 18.2 Å². The van der Waals surface area contributed by atoms with Crippen molar-refractivity contribution in [2.24, 2.45) is 17.1 Å². The van der Waals surface area contributed by atoms with Gasteiger partial charge in [0.2, 0.25) is 0 Å². The Balaban J connectivity index is 1.73. The average molecular weight is 272 g/mol. The first kappa shape index (κ1) is 13.1. The van der Waals surface area contributed by atoms with Crippen LogP contribution in [0.5, 0.6) is 0 Å². The number of nitrogens with zero attached hydrogens (tertiary/aromatic N) is 2. The van der Waals surface area contributed by atoms with Crippen LogP contribution in [0.15, 0.2) is 30.6 Å². The van der Waals surface area contributed by atoms with Crippen molar-refractivity contribution >= 4 is 11.4 Å². The fourth-order valence-electron chi connectivity index (χ4n) is 2.95. The molecule has 20 heavy (non-hydrogen) atoms. The van der Waals surface area contributed by atoms with Gasteiger partial charge in [-0.15, -0.1) is 0 Å². The molecule has 0 aliphatic heterocycles. The lowest BCUT2D eigenvalue weighted by Crippen LogP contribution is -2.60. The highest BCUT2D eigenvalue weighted by Gasteiger charge is 2.47. The second-order valence-corrected chi connectivity index (χ2v) is 6.13. The van der Waals surface area contributed by atoms with Gasteiger partial charge in [0.15, 0.2) is 0 Å². The van der Waals surface area contributed by atoms with Crippen LogP contribution in [0.2, 0.25) is 0 Å². The molecule has 0 aromatic carbocycles. The minimum atomic E-state index is -0.0454. The second kappa shape index (κ2) is 4.59. The third-order valence-corrected chi connectivity index (χ3v) is 4.72. The number of carbonyl (C=O) groups is 1. The van der Waals surface area contributed by atoms with Crippen LogP contribution >= 0.6 is 0 Å². The molecule has 0 radical (unpaired) electrons. The van der Waals surface area contributed by atoms with Crippen LogP contribution in [0, 0.1) is 11.3 Å². The smallest absolute Gasteiger partial charge is 0.253 e. The Hall–Kier alpha value is -1.88. The standard InChI is InChI=1S/C15H20N4O/c1-15(2)11(8-16)7-13(15)18-14(20)10-3-4-12-5-6-17-19(12)9-10/h3-6,9,11,13H,7-8,16H2,1-2H3,(H,18,20). The molecule has 106 valence electrons. The van der Waals surface area contributed by atoms with Gasteiger partial charge >= 0.3 is 0 Å². The van der Waals surface area contributed by atoms with Crippen molar-refractivity contribution in [3.8, 4) is 0 Å². The predicted octanol–water partition coefficient (Wildman–Crippen LogP) is 1.44. The molecule has 2 aromatic heterocycles. The molecule has 5 heteroatoms. The molecule has 1 amide bonds. The number of nitrogens with one attached hydrogen (secondary N) is 1. The summed E-state index contributed by atoms with van der Waals surface area (Å²) < 4.78 is 1.71. The lowest BCUT2D eigenvalue weighted by atomic mass is 9.58. The monoisotopic (exact) mass is 272 g/mol. The molecule has 1 fully saturated rings. The number of amides is 1. The Morgan fingerprint density at radius 2 is 2.30 bits per heavy atom. The van der Waals surface area contributed by atoms with Crippen LogP contribution < -0.4 is 11.1 Å². The lowest BCUT2D eigenvalue weighted by Gasteiger charge is -2.52. The Bertz CT molecular complexity index is 646. The number of fused-ring (bicyclic) bond motifs is 1. The van der Waals surface area contributed by atoms with Crippen molar-refractivity contribution in [1.82, 2.24) is 14.9 Å². The maximum atomic E-state index is 12.3. The van der Waals surface area contributed by atoms with Crippen LogP contribution in [0.25, 0.3) is 5.52 Å². The van der Waals surface area contributed by atoms with E-state index in [1.54, 1.807) is 16.9 Å². The number of pyridine rings is 1. The molecule has 1 aliphatic rings. The summed E-state index contributed by atoms with van der Waals surface area (Å²) in [6.45, 7) is 5.00.